The van der Waals surface area contributed by atoms with Crippen LogP contribution in [-0.2, 0) is 20.6 Å². The minimum atomic E-state index is -1.13. The fourth-order valence-corrected chi connectivity index (χ4v) is 4.30. The van der Waals surface area contributed by atoms with Crippen LogP contribution in [0.5, 0.6) is 0 Å². The summed E-state index contributed by atoms with van der Waals surface area (Å²) in [5.41, 5.74) is -0.305. The minimum absolute atomic E-state index is 0.0186. The number of benzene rings is 3. The van der Waals surface area contributed by atoms with E-state index < -0.39 is 46.6 Å². The smallest absolute Gasteiger partial charge is 0.373 e. The Morgan fingerprint density at radius 1 is 0.478 bits per heavy atom. The van der Waals surface area contributed by atoms with Crippen molar-refractivity contribution in [2.24, 2.45) is 0 Å². The summed E-state index contributed by atoms with van der Waals surface area (Å²) < 4.78 is 0. The molecule has 0 heterocycles. The van der Waals surface area contributed by atoms with Gasteiger partial charge in [-0.05, 0) is 64.4 Å². The van der Waals surface area contributed by atoms with Crippen molar-refractivity contribution in [1.82, 2.24) is 0 Å². The van der Waals surface area contributed by atoms with E-state index in [9.17, 15) is 28.8 Å². The zero-order valence-electron chi connectivity index (χ0n) is 25.7. The van der Waals surface area contributed by atoms with E-state index in [-0.39, 0.29) is 33.4 Å². The van der Waals surface area contributed by atoms with E-state index in [0.29, 0.717) is 11.1 Å². The number of rotatable bonds is 6. The summed E-state index contributed by atoms with van der Waals surface area (Å²) in [5.74, 6) is -6.42. The highest BCUT2D eigenvalue weighted by Crippen LogP contribution is 2.31. The van der Waals surface area contributed by atoms with Crippen LogP contribution in [0.4, 0.5) is 0 Å². The van der Waals surface area contributed by atoms with Gasteiger partial charge in [-0.2, -0.15) is 10.5 Å². The van der Waals surface area contributed by atoms with E-state index in [2.05, 4.69) is 9.78 Å². The lowest BCUT2D eigenvalue weighted by molar-refractivity contribution is -0.183. The first-order valence-corrected chi connectivity index (χ1v) is 13.2. The molecule has 14 nitrogen and oxygen atoms in total. The summed E-state index contributed by atoms with van der Waals surface area (Å²) in [6.45, 7) is 10.7. The molecule has 0 saturated carbocycles. The molecule has 0 saturated heterocycles. The van der Waals surface area contributed by atoms with Gasteiger partial charge in [-0.3, -0.25) is 9.78 Å². The quantitative estimate of drug-likeness (QED) is 0.139. The van der Waals surface area contributed by atoms with Gasteiger partial charge >= 0.3 is 35.8 Å². The molecule has 14 heteroatoms. The molecule has 0 aromatic heterocycles. The van der Waals surface area contributed by atoms with E-state index >= 15 is 0 Å². The van der Waals surface area contributed by atoms with Crippen molar-refractivity contribution in [2.45, 2.75) is 52.4 Å². The van der Waals surface area contributed by atoms with Gasteiger partial charge in [0.1, 0.15) is 0 Å². The van der Waals surface area contributed by atoms with E-state index in [1.54, 1.807) is 41.5 Å². The summed E-state index contributed by atoms with van der Waals surface area (Å²) in [6, 6.07) is 13.7. The zero-order chi connectivity index (χ0) is 35.6. The van der Waals surface area contributed by atoms with Crippen LogP contribution in [0, 0.1) is 0 Å². The monoisotopic (exact) mass is 642 g/mol. The van der Waals surface area contributed by atoms with Gasteiger partial charge in [0.05, 0.1) is 33.4 Å². The Morgan fingerprint density at radius 2 is 0.761 bits per heavy atom. The standard InChI is InChI=1S/2C12H14O5.C8H6O4/c2*1-12(2,3)9-7(10(13)14)5-4-6-8(9)11(15)17-16;9-7(10)5-2-1-3-6(4-5)8(11)12/h2*4-6,16H,1-3H3,(H,13,14);1-4H,(H,9,10)(H,11,12). The highest BCUT2D eigenvalue weighted by atomic mass is 17.1. The maximum Gasteiger partial charge on any atom is 0.373 e. The van der Waals surface area contributed by atoms with E-state index in [1.807, 2.05) is 0 Å². The normalized spacial score (nSPS) is 10.6. The number of hydrogen-bond acceptors (Lipinski definition) is 10. The maximum atomic E-state index is 11.4. The van der Waals surface area contributed by atoms with Gasteiger partial charge in [0, 0.05) is 0 Å². The first-order chi connectivity index (χ1) is 21.2. The van der Waals surface area contributed by atoms with Gasteiger partial charge in [0.25, 0.3) is 0 Å². The number of hydrogen-bond donors (Lipinski definition) is 6. The Morgan fingerprint density at radius 3 is 1.00 bits per heavy atom. The molecule has 0 atom stereocenters. The second kappa shape index (κ2) is 15.9. The van der Waals surface area contributed by atoms with Crippen LogP contribution in [0.3, 0.4) is 0 Å². The van der Waals surface area contributed by atoms with Gasteiger partial charge < -0.3 is 20.4 Å². The van der Waals surface area contributed by atoms with E-state index in [4.69, 9.17) is 30.9 Å². The summed E-state index contributed by atoms with van der Waals surface area (Å²) in [7, 11) is 0. The van der Waals surface area contributed by atoms with Crippen LogP contribution < -0.4 is 0 Å². The fourth-order valence-electron chi connectivity index (χ4n) is 4.30. The predicted octanol–water partition coefficient (Wildman–Crippen LogP) is 5.71. The average molecular weight is 643 g/mol. The zero-order valence-corrected chi connectivity index (χ0v) is 25.7. The van der Waals surface area contributed by atoms with Crippen LogP contribution in [0.25, 0.3) is 0 Å². The SMILES string of the molecule is CC(C)(C)c1c(C(=O)O)cccc1C(=O)OO.CC(C)(C)c1c(C(=O)O)cccc1C(=O)OO.O=C(O)c1cccc(C(=O)O)c1. The third-order valence-electron chi connectivity index (χ3n) is 6.05. The molecule has 6 N–H and O–H groups in total. The molecule has 3 rings (SSSR count). The summed E-state index contributed by atoms with van der Waals surface area (Å²) in [5, 5.41) is 52.0. The van der Waals surface area contributed by atoms with Crippen LogP contribution in [-0.4, -0.2) is 66.8 Å². The van der Waals surface area contributed by atoms with Crippen LogP contribution >= 0.6 is 0 Å². The molecule has 0 unspecified atom stereocenters. The number of carboxylic acid groups (broad SMARTS) is 4. The molecule has 0 amide bonds. The molecule has 0 aliphatic heterocycles. The topological polar surface area (TPSA) is 242 Å². The van der Waals surface area contributed by atoms with Crippen molar-refractivity contribution in [3.63, 3.8) is 0 Å². The molecule has 3 aromatic rings. The Hall–Kier alpha value is -5.60. The van der Waals surface area contributed by atoms with Gasteiger partial charge in [-0.25, -0.2) is 28.8 Å². The average Bonchev–Trinajstić information content (AvgIpc) is 2.99. The predicted molar refractivity (Wildman–Crippen MR) is 161 cm³/mol. The molecule has 0 aliphatic carbocycles. The summed E-state index contributed by atoms with van der Waals surface area (Å²) in [6.07, 6.45) is 0. The Kier molecular flexibility index (Phi) is 13.3. The van der Waals surface area contributed by atoms with Gasteiger partial charge in [-0.15, -0.1) is 0 Å². The first-order valence-electron chi connectivity index (χ1n) is 13.2. The Labute approximate surface area is 262 Å². The van der Waals surface area contributed by atoms with Gasteiger partial charge in [-0.1, -0.05) is 59.7 Å². The van der Waals surface area contributed by atoms with Crippen molar-refractivity contribution in [3.05, 3.63) is 105 Å². The second-order valence-corrected chi connectivity index (χ2v) is 11.5. The summed E-state index contributed by atoms with van der Waals surface area (Å²) >= 11 is 0. The second-order valence-electron chi connectivity index (χ2n) is 11.5. The van der Waals surface area contributed by atoms with Crippen molar-refractivity contribution < 1.29 is 69.5 Å². The number of carbonyl (C=O) groups is 6. The van der Waals surface area contributed by atoms with Crippen LogP contribution in [0.2, 0.25) is 0 Å². The Balaban J connectivity index is 0.000000351. The third kappa shape index (κ3) is 10.2. The minimum Gasteiger partial charge on any atom is -0.478 e. The first kappa shape index (κ1) is 38.4. The number of aromatic carboxylic acids is 4. The molecule has 0 fully saturated rings. The largest absolute Gasteiger partial charge is 0.478 e. The van der Waals surface area contributed by atoms with Crippen molar-refractivity contribution in [2.75, 3.05) is 0 Å². The maximum absolute atomic E-state index is 11.4. The van der Waals surface area contributed by atoms with Gasteiger partial charge in [0.15, 0.2) is 0 Å². The number of carboxylic acids is 4. The molecule has 3 aromatic carbocycles. The molecule has 246 valence electrons. The lowest BCUT2D eigenvalue weighted by Gasteiger charge is -2.23. The van der Waals surface area contributed by atoms with Crippen molar-refractivity contribution in [3.8, 4) is 0 Å². The lowest BCUT2D eigenvalue weighted by atomic mass is 9.80. The van der Waals surface area contributed by atoms with Crippen molar-refractivity contribution >= 4 is 35.8 Å². The highest BCUT2D eigenvalue weighted by Gasteiger charge is 2.29. The van der Waals surface area contributed by atoms with E-state index in [1.165, 1.54) is 54.6 Å². The summed E-state index contributed by atoms with van der Waals surface area (Å²) in [4.78, 5) is 73.1. The van der Waals surface area contributed by atoms with E-state index in [0.717, 1.165) is 6.07 Å². The number of carbonyl (C=O) groups excluding carboxylic acids is 2. The van der Waals surface area contributed by atoms with Gasteiger partial charge in [0.2, 0.25) is 0 Å². The van der Waals surface area contributed by atoms with Crippen molar-refractivity contribution in [1.29, 1.82) is 0 Å². The Bertz CT molecular complexity index is 1510. The van der Waals surface area contributed by atoms with Crippen LogP contribution in [0.15, 0.2) is 60.7 Å². The fraction of sp³-hybridized carbons (Fsp3) is 0.250. The molecule has 0 radical (unpaired) electrons. The molecule has 0 spiro atoms. The molecule has 46 heavy (non-hydrogen) atoms. The highest BCUT2D eigenvalue weighted by molar-refractivity contribution is 5.99. The molecule has 0 bridgehead atoms. The molecular weight excluding hydrogens is 608 g/mol. The molecule has 0 aliphatic rings. The third-order valence-corrected chi connectivity index (χ3v) is 6.05. The lowest BCUT2D eigenvalue weighted by Crippen LogP contribution is -2.22. The molecular formula is C32H34O14. The van der Waals surface area contributed by atoms with Crippen LogP contribution in [0.1, 0.15) is 115 Å².